The second-order valence-electron chi connectivity index (χ2n) is 7.39. The number of nitrogens with zero attached hydrogens (tertiary/aromatic N) is 2. The maximum Gasteiger partial charge on any atom is 0.272 e. The van der Waals surface area contributed by atoms with Crippen molar-refractivity contribution in [3.8, 4) is 0 Å². The van der Waals surface area contributed by atoms with Gasteiger partial charge in [-0.1, -0.05) is 30.0 Å². The maximum atomic E-state index is 13.3. The van der Waals surface area contributed by atoms with E-state index in [2.05, 4.69) is 5.32 Å². The van der Waals surface area contributed by atoms with E-state index >= 15 is 0 Å². The van der Waals surface area contributed by atoms with E-state index in [0.29, 0.717) is 48.1 Å². The van der Waals surface area contributed by atoms with Gasteiger partial charge in [0.15, 0.2) is 5.16 Å². The number of thiophene rings is 1. The van der Waals surface area contributed by atoms with Gasteiger partial charge in [0.05, 0.1) is 17.4 Å². The van der Waals surface area contributed by atoms with Gasteiger partial charge in [0, 0.05) is 43.5 Å². The molecular weight excluding hydrogens is 434 g/mol. The van der Waals surface area contributed by atoms with Crippen molar-refractivity contribution in [3.05, 3.63) is 34.6 Å². The smallest absolute Gasteiger partial charge is 0.272 e. The predicted molar refractivity (Wildman–Crippen MR) is 127 cm³/mol. The summed E-state index contributed by atoms with van der Waals surface area (Å²) in [5, 5.41) is 4.42. The van der Waals surface area contributed by atoms with Crippen LogP contribution in [0.3, 0.4) is 0 Å². The third kappa shape index (κ3) is 6.29. The predicted octanol–water partition coefficient (Wildman–Crippen LogP) is 3.67. The molecular formula is C22H29N3O4S2. The van der Waals surface area contributed by atoms with Gasteiger partial charge in [-0.2, -0.15) is 0 Å². The highest BCUT2D eigenvalue weighted by Crippen LogP contribution is 2.31. The Hall–Kier alpha value is -1.94. The SMILES string of the molecule is COCCCNC(=O)CSc1nc2c(sc3ccccc32)c(=O)n1CCCOC(C)C. The lowest BCUT2D eigenvalue weighted by molar-refractivity contribution is -0.118. The molecule has 0 saturated heterocycles. The van der Waals surface area contributed by atoms with Crippen LogP contribution in [0.2, 0.25) is 0 Å². The molecule has 0 saturated carbocycles. The molecule has 1 N–H and O–H groups in total. The zero-order chi connectivity index (χ0) is 22.2. The fraction of sp³-hybridized carbons (Fsp3) is 0.500. The van der Waals surface area contributed by atoms with Gasteiger partial charge in [-0.15, -0.1) is 11.3 Å². The van der Waals surface area contributed by atoms with Crippen LogP contribution < -0.4 is 10.9 Å². The Labute approximate surface area is 190 Å². The van der Waals surface area contributed by atoms with Gasteiger partial charge in [0.25, 0.3) is 5.56 Å². The van der Waals surface area contributed by atoms with Gasteiger partial charge in [0.2, 0.25) is 5.91 Å². The second-order valence-corrected chi connectivity index (χ2v) is 9.38. The van der Waals surface area contributed by atoms with Gasteiger partial charge in [-0.05, 0) is 32.8 Å². The minimum Gasteiger partial charge on any atom is -0.385 e. The lowest BCUT2D eigenvalue weighted by atomic mass is 10.2. The van der Waals surface area contributed by atoms with E-state index in [4.69, 9.17) is 14.5 Å². The van der Waals surface area contributed by atoms with Crippen LogP contribution in [0.25, 0.3) is 20.3 Å². The number of benzene rings is 1. The molecule has 0 atom stereocenters. The minimum absolute atomic E-state index is 0.0567. The number of hydrogen-bond donors (Lipinski definition) is 1. The van der Waals surface area contributed by atoms with E-state index in [1.165, 1.54) is 23.1 Å². The van der Waals surface area contributed by atoms with Crippen molar-refractivity contribution in [3.63, 3.8) is 0 Å². The molecule has 0 aliphatic rings. The van der Waals surface area contributed by atoms with Crippen LogP contribution in [-0.4, -0.2) is 54.2 Å². The first-order valence-corrected chi connectivity index (χ1v) is 12.2. The highest BCUT2D eigenvalue weighted by atomic mass is 32.2. The number of ether oxygens (including phenoxy) is 2. The molecule has 31 heavy (non-hydrogen) atoms. The number of methoxy groups -OCH3 is 1. The fourth-order valence-electron chi connectivity index (χ4n) is 3.13. The van der Waals surface area contributed by atoms with Crippen LogP contribution in [0.5, 0.6) is 0 Å². The van der Waals surface area contributed by atoms with Gasteiger partial charge in [0.1, 0.15) is 4.70 Å². The monoisotopic (exact) mass is 463 g/mol. The Morgan fingerprint density at radius 2 is 2.06 bits per heavy atom. The van der Waals surface area contributed by atoms with E-state index in [-0.39, 0.29) is 23.3 Å². The maximum absolute atomic E-state index is 13.3. The summed E-state index contributed by atoms with van der Waals surface area (Å²) in [6.45, 7) is 6.22. The Kier molecular flexibility index (Phi) is 8.89. The molecule has 1 aromatic carbocycles. The quantitative estimate of drug-likeness (QED) is 0.251. The summed E-state index contributed by atoms with van der Waals surface area (Å²) in [6.07, 6.45) is 1.61. The molecule has 0 bridgehead atoms. The zero-order valence-electron chi connectivity index (χ0n) is 18.2. The molecule has 2 heterocycles. The van der Waals surface area contributed by atoms with E-state index in [1.54, 1.807) is 11.7 Å². The van der Waals surface area contributed by atoms with E-state index in [9.17, 15) is 9.59 Å². The normalized spacial score (nSPS) is 11.6. The molecule has 2 aromatic heterocycles. The number of carbonyl (C=O) groups is 1. The molecule has 0 unspecified atom stereocenters. The van der Waals surface area contributed by atoms with Gasteiger partial charge in [-0.3, -0.25) is 14.2 Å². The van der Waals surface area contributed by atoms with Crippen LogP contribution in [0, 0.1) is 0 Å². The standard InChI is InChI=1S/C22H29N3O4S2/c1-15(2)29-13-7-11-25-21(27)20-19(16-8-4-5-9-17(16)31-20)24-22(25)30-14-18(26)23-10-6-12-28-3/h4-5,8-9,15H,6-7,10-14H2,1-3H3,(H,23,26). The first-order chi connectivity index (χ1) is 15.0. The van der Waals surface area contributed by atoms with Gasteiger partial charge >= 0.3 is 0 Å². The van der Waals surface area contributed by atoms with Crippen LogP contribution in [0.4, 0.5) is 0 Å². The number of hydrogen-bond acceptors (Lipinski definition) is 7. The zero-order valence-corrected chi connectivity index (χ0v) is 19.8. The average Bonchev–Trinajstić information content (AvgIpc) is 3.13. The minimum atomic E-state index is -0.0830. The summed E-state index contributed by atoms with van der Waals surface area (Å²) in [6, 6.07) is 7.90. The molecule has 0 radical (unpaired) electrons. The molecule has 168 valence electrons. The number of amides is 1. The van der Waals surface area contributed by atoms with Gasteiger partial charge < -0.3 is 14.8 Å². The number of carbonyl (C=O) groups excluding carboxylic acids is 1. The third-order valence-electron chi connectivity index (χ3n) is 4.60. The van der Waals surface area contributed by atoms with Crippen molar-refractivity contribution in [1.82, 2.24) is 14.9 Å². The Balaban J connectivity index is 1.83. The molecule has 0 spiro atoms. The first kappa shape index (κ1) is 23.7. The van der Waals surface area contributed by atoms with E-state index in [0.717, 1.165) is 16.5 Å². The summed E-state index contributed by atoms with van der Waals surface area (Å²) in [4.78, 5) is 30.3. The third-order valence-corrected chi connectivity index (χ3v) is 6.73. The summed E-state index contributed by atoms with van der Waals surface area (Å²) >= 11 is 2.76. The molecule has 9 heteroatoms. The largest absolute Gasteiger partial charge is 0.385 e. The average molecular weight is 464 g/mol. The van der Waals surface area contributed by atoms with Crippen molar-refractivity contribution in [2.45, 2.75) is 44.5 Å². The molecule has 3 aromatic rings. The molecule has 7 nitrogen and oxygen atoms in total. The number of thioether (sulfide) groups is 1. The van der Waals surface area contributed by atoms with Crippen LogP contribution in [0.15, 0.2) is 34.2 Å². The lowest BCUT2D eigenvalue weighted by Gasteiger charge is -2.13. The van der Waals surface area contributed by atoms with E-state index < -0.39 is 0 Å². The highest BCUT2D eigenvalue weighted by molar-refractivity contribution is 7.99. The molecule has 0 aliphatic carbocycles. The van der Waals surface area contributed by atoms with Crippen molar-refractivity contribution < 1.29 is 14.3 Å². The number of fused-ring (bicyclic) bond motifs is 3. The van der Waals surface area contributed by atoms with Gasteiger partial charge in [-0.25, -0.2) is 4.98 Å². The topological polar surface area (TPSA) is 82.5 Å². The Bertz CT molecular complexity index is 1080. The highest BCUT2D eigenvalue weighted by Gasteiger charge is 2.17. The number of rotatable bonds is 12. The Morgan fingerprint density at radius 1 is 1.26 bits per heavy atom. The molecule has 0 fully saturated rings. The first-order valence-electron chi connectivity index (χ1n) is 10.4. The lowest BCUT2D eigenvalue weighted by Crippen LogP contribution is -2.28. The molecule has 3 rings (SSSR count). The molecule has 1 amide bonds. The summed E-state index contributed by atoms with van der Waals surface area (Å²) < 4.78 is 14.0. The van der Waals surface area contributed by atoms with Crippen molar-refractivity contribution in [1.29, 1.82) is 0 Å². The van der Waals surface area contributed by atoms with Crippen LogP contribution in [-0.2, 0) is 20.8 Å². The van der Waals surface area contributed by atoms with Crippen LogP contribution in [0.1, 0.15) is 26.7 Å². The van der Waals surface area contributed by atoms with Crippen molar-refractivity contribution >= 4 is 49.3 Å². The number of aromatic nitrogens is 2. The Morgan fingerprint density at radius 3 is 2.84 bits per heavy atom. The van der Waals surface area contributed by atoms with Crippen molar-refractivity contribution in [2.24, 2.45) is 0 Å². The second kappa shape index (κ2) is 11.6. The summed E-state index contributed by atoms with van der Waals surface area (Å²) in [5.41, 5.74) is 0.655. The van der Waals surface area contributed by atoms with E-state index in [1.807, 2.05) is 38.1 Å². The molecule has 0 aliphatic heterocycles. The van der Waals surface area contributed by atoms with Crippen LogP contribution >= 0.6 is 23.1 Å². The fourth-order valence-corrected chi connectivity index (χ4v) is 5.07. The summed E-state index contributed by atoms with van der Waals surface area (Å²) in [5.74, 6) is 0.121. The summed E-state index contributed by atoms with van der Waals surface area (Å²) in [7, 11) is 1.64. The van der Waals surface area contributed by atoms with Crippen molar-refractivity contribution in [2.75, 3.05) is 32.6 Å². The number of nitrogens with one attached hydrogen (secondary N) is 1.